The van der Waals surface area contributed by atoms with E-state index in [0.29, 0.717) is 31.7 Å². The molecule has 0 aliphatic carbocycles. The number of phenols is 1. The Labute approximate surface area is 256 Å². The zero-order valence-electron chi connectivity index (χ0n) is 26.4. The second kappa shape index (κ2) is 14.5. The lowest BCUT2D eigenvalue weighted by atomic mass is 10.0. The van der Waals surface area contributed by atoms with E-state index in [4.69, 9.17) is 4.43 Å². The van der Waals surface area contributed by atoms with Crippen molar-refractivity contribution in [2.24, 2.45) is 0 Å². The van der Waals surface area contributed by atoms with Crippen LogP contribution in [0.15, 0.2) is 53.3 Å². The molecular weight excluding hydrogens is 558 g/mol. The van der Waals surface area contributed by atoms with Gasteiger partial charge < -0.3 is 35.4 Å². The minimum Gasteiger partial charge on any atom is -0.506 e. The van der Waals surface area contributed by atoms with Crippen LogP contribution in [0.3, 0.4) is 0 Å². The number of carbonyl (C=O) groups is 1. The topological polar surface area (TPSA) is 119 Å². The maximum atomic E-state index is 12.3. The van der Waals surface area contributed by atoms with E-state index in [-0.39, 0.29) is 28.5 Å². The molecule has 234 valence electrons. The zero-order valence-corrected chi connectivity index (χ0v) is 27.4. The monoisotopic (exact) mass is 607 g/mol. The zero-order chi connectivity index (χ0) is 31.0. The largest absolute Gasteiger partial charge is 0.506 e. The molecule has 2 heterocycles. The van der Waals surface area contributed by atoms with Crippen molar-refractivity contribution in [3.05, 3.63) is 75.6 Å². The maximum Gasteiger partial charge on any atom is 0.315 e. The minimum atomic E-state index is -2.17. The van der Waals surface area contributed by atoms with Gasteiger partial charge >= 0.3 is 6.03 Å². The number of amides is 2. The number of likely N-dealkylation sites (tertiary alicyclic amines) is 1. The van der Waals surface area contributed by atoms with Gasteiger partial charge in [-0.3, -0.25) is 4.79 Å². The summed E-state index contributed by atoms with van der Waals surface area (Å²) in [5.74, 6) is 0.0385. The molecule has 0 spiro atoms. The SMILES string of the molecule is CC(C)(C)[Si](C)(C)OC(CNCc1cccc(CNC(=O)NCCN2CCCCC2)c1)c1ccc(O)c2[nH]c(=O)ccc12. The van der Waals surface area contributed by atoms with Gasteiger partial charge in [0.05, 0.1) is 11.6 Å². The Hall–Kier alpha value is -3.18. The number of hydrogen-bond donors (Lipinski definition) is 5. The van der Waals surface area contributed by atoms with Crippen LogP contribution in [0.4, 0.5) is 4.79 Å². The molecule has 1 aromatic heterocycles. The van der Waals surface area contributed by atoms with E-state index in [1.54, 1.807) is 12.1 Å². The second-order valence-electron chi connectivity index (χ2n) is 13.1. The van der Waals surface area contributed by atoms with Crippen LogP contribution in [0.1, 0.15) is 62.8 Å². The number of H-pyrrole nitrogens is 1. The van der Waals surface area contributed by atoms with Crippen molar-refractivity contribution in [2.75, 3.05) is 32.7 Å². The number of aromatic nitrogens is 1. The fourth-order valence-electron chi connectivity index (χ4n) is 5.24. The van der Waals surface area contributed by atoms with Gasteiger partial charge in [-0.1, -0.05) is 57.5 Å². The number of carbonyl (C=O) groups excluding carboxylic acids is 1. The molecule has 1 aliphatic rings. The molecule has 1 saturated heterocycles. The highest BCUT2D eigenvalue weighted by molar-refractivity contribution is 6.74. The number of nitrogens with zero attached hydrogens (tertiary/aromatic N) is 1. The Morgan fingerprint density at radius 3 is 2.47 bits per heavy atom. The Bertz CT molecular complexity index is 1430. The molecule has 0 radical (unpaired) electrons. The fraction of sp³-hybridized carbons (Fsp3) is 0.515. The predicted molar refractivity (Wildman–Crippen MR) is 176 cm³/mol. The number of aromatic amines is 1. The van der Waals surface area contributed by atoms with E-state index in [0.717, 1.165) is 41.7 Å². The molecule has 9 nitrogen and oxygen atoms in total. The number of aromatic hydroxyl groups is 1. The summed E-state index contributed by atoms with van der Waals surface area (Å²) in [6.45, 7) is 16.5. The van der Waals surface area contributed by atoms with Crippen LogP contribution in [-0.4, -0.2) is 62.1 Å². The van der Waals surface area contributed by atoms with E-state index < -0.39 is 8.32 Å². The van der Waals surface area contributed by atoms with E-state index in [9.17, 15) is 14.7 Å². The maximum absolute atomic E-state index is 12.3. The number of benzene rings is 2. The Balaban J connectivity index is 1.37. The third-order valence-corrected chi connectivity index (χ3v) is 13.2. The molecule has 5 N–H and O–H groups in total. The summed E-state index contributed by atoms with van der Waals surface area (Å²) in [6.07, 6.45) is 3.52. The van der Waals surface area contributed by atoms with Gasteiger partial charge in [-0.05, 0) is 72.9 Å². The molecule has 10 heteroatoms. The van der Waals surface area contributed by atoms with Crippen molar-refractivity contribution >= 4 is 25.3 Å². The molecule has 4 rings (SSSR count). The van der Waals surface area contributed by atoms with Crippen molar-refractivity contribution in [2.45, 2.75) is 77.4 Å². The molecule has 2 amide bonds. The number of fused-ring (bicyclic) bond motifs is 1. The average molecular weight is 608 g/mol. The molecule has 1 unspecified atom stereocenters. The number of nitrogens with one attached hydrogen (secondary N) is 4. The van der Waals surface area contributed by atoms with Crippen LogP contribution < -0.4 is 21.5 Å². The van der Waals surface area contributed by atoms with Crippen LogP contribution in [0.2, 0.25) is 18.1 Å². The van der Waals surface area contributed by atoms with Crippen molar-refractivity contribution < 1.29 is 14.3 Å². The highest BCUT2D eigenvalue weighted by Crippen LogP contribution is 2.41. The quantitative estimate of drug-likeness (QED) is 0.177. The summed E-state index contributed by atoms with van der Waals surface area (Å²) in [4.78, 5) is 29.5. The molecule has 2 aromatic carbocycles. The highest BCUT2D eigenvalue weighted by atomic mass is 28.4. The van der Waals surface area contributed by atoms with Gasteiger partial charge in [-0.15, -0.1) is 0 Å². The lowest BCUT2D eigenvalue weighted by Crippen LogP contribution is -2.43. The second-order valence-corrected chi connectivity index (χ2v) is 17.9. The lowest BCUT2D eigenvalue weighted by molar-refractivity contribution is 0.181. The van der Waals surface area contributed by atoms with Crippen molar-refractivity contribution in [1.82, 2.24) is 25.8 Å². The van der Waals surface area contributed by atoms with Crippen LogP contribution in [0, 0.1) is 0 Å². The van der Waals surface area contributed by atoms with E-state index in [1.807, 2.05) is 18.2 Å². The highest BCUT2D eigenvalue weighted by Gasteiger charge is 2.39. The number of piperidine rings is 1. The summed E-state index contributed by atoms with van der Waals surface area (Å²) >= 11 is 0. The van der Waals surface area contributed by atoms with Gasteiger partial charge in [0.15, 0.2) is 8.32 Å². The van der Waals surface area contributed by atoms with Crippen LogP contribution in [-0.2, 0) is 17.5 Å². The van der Waals surface area contributed by atoms with E-state index in [1.165, 1.54) is 25.3 Å². The third kappa shape index (κ3) is 9.15. The predicted octanol–water partition coefficient (Wildman–Crippen LogP) is 5.37. The molecule has 3 aromatic rings. The average Bonchev–Trinajstić information content (AvgIpc) is 2.96. The molecule has 1 aliphatic heterocycles. The number of hydrogen-bond acceptors (Lipinski definition) is 6. The van der Waals surface area contributed by atoms with Gasteiger partial charge in [0.2, 0.25) is 5.56 Å². The molecule has 0 bridgehead atoms. The molecule has 43 heavy (non-hydrogen) atoms. The molecular formula is C33H49N5O4Si. The summed E-state index contributed by atoms with van der Waals surface area (Å²) in [7, 11) is -2.17. The first-order chi connectivity index (χ1) is 20.4. The Morgan fingerprint density at radius 1 is 1.02 bits per heavy atom. The van der Waals surface area contributed by atoms with Gasteiger partial charge in [0, 0.05) is 44.2 Å². The van der Waals surface area contributed by atoms with Crippen molar-refractivity contribution in [3.8, 4) is 5.75 Å². The smallest absolute Gasteiger partial charge is 0.315 e. The molecule has 1 atom stereocenters. The van der Waals surface area contributed by atoms with Crippen molar-refractivity contribution in [1.29, 1.82) is 0 Å². The van der Waals surface area contributed by atoms with E-state index in [2.05, 4.69) is 71.8 Å². The van der Waals surface area contributed by atoms with Gasteiger partial charge in [0.25, 0.3) is 0 Å². The first-order valence-corrected chi connectivity index (χ1v) is 18.4. The standard InChI is InChI=1S/C33H49N5O4Si/c1-33(2,3)43(4,5)42-29(26-12-14-28(39)31-27(26)13-15-30(40)37-31)23-34-21-24-10-9-11-25(20-24)22-36-32(41)35-16-19-38-17-7-6-8-18-38/h9-15,20,29,34,39H,6-8,16-19,21-23H2,1-5H3,(H,37,40)(H2,35,36,41). The van der Waals surface area contributed by atoms with Gasteiger partial charge in [-0.25, -0.2) is 4.79 Å². The first-order valence-electron chi connectivity index (χ1n) is 15.5. The normalized spacial score (nSPS) is 15.4. The van der Waals surface area contributed by atoms with Crippen LogP contribution in [0.25, 0.3) is 10.9 Å². The van der Waals surface area contributed by atoms with Crippen LogP contribution >= 0.6 is 0 Å². The number of phenolic OH excluding ortho intramolecular Hbond substituents is 1. The van der Waals surface area contributed by atoms with Crippen molar-refractivity contribution in [3.63, 3.8) is 0 Å². The minimum absolute atomic E-state index is 0.00740. The number of urea groups is 1. The Kier molecular flexibility index (Phi) is 11.1. The van der Waals surface area contributed by atoms with E-state index >= 15 is 0 Å². The van der Waals surface area contributed by atoms with Crippen LogP contribution in [0.5, 0.6) is 5.75 Å². The molecule has 0 saturated carbocycles. The summed E-state index contributed by atoms with van der Waals surface area (Å²) < 4.78 is 6.91. The van der Waals surface area contributed by atoms with Gasteiger partial charge in [0.1, 0.15) is 5.75 Å². The summed E-state index contributed by atoms with van der Waals surface area (Å²) in [5.41, 5.74) is 3.23. The summed E-state index contributed by atoms with van der Waals surface area (Å²) in [5, 5.41) is 20.7. The first kappa shape index (κ1) is 32.7. The fourth-order valence-corrected chi connectivity index (χ4v) is 6.51. The number of pyridine rings is 1. The van der Waals surface area contributed by atoms with Gasteiger partial charge in [-0.2, -0.15) is 0 Å². The molecule has 1 fully saturated rings. The third-order valence-electron chi connectivity index (χ3n) is 8.76. The number of rotatable bonds is 12. The summed E-state index contributed by atoms with van der Waals surface area (Å²) in [6, 6.07) is 14.8. The lowest BCUT2D eigenvalue weighted by Gasteiger charge is -2.39. The Morgan fingerprint density at radius 2 is 1.74 bits per heavy atom.